The van der Waals surface area contributed by atoms with Gasteiger partial charge in [-0.05, 0) is 27.2 Å². The Hall–Kier alpha value is -1.13. The van der Waals surface area contributed by atoms with Crippen molar-refractivity contribution in [2.75, 3.05) is 139 Å². The molecule has 0 bridgehead atoms. The highest BCUT2D eigenvalue weighted by Crippen LogP contribution is 2.06. The Balaban J connectivity index is 3.09. The van der Waals surface area contributed by atoms with E-state index in [0.29, 0.717) is 132 Å². The van der Waals surface area contributed by atoms with E-state index in [1.165, 1.54) is 32.1 Å². The fraction of sp³-hybridized carbons (Fsp3) is 0.970. The molecule has 0 aliphatic carbocycles. The second-order valence-corrected chi connectivity index (χ2v) is 11.3. The molecule has 1 N–H and O–H groups in total. The summed E-state index contributed by atoms with van der Waals surface area (Å²) in [5.74, 6) is 0. The first kappa shape index (κ1) is 44.9. The Labute approximate surface area is 278 Å². The third-order valence-corrected chi connectivity index (χ3v) is 5.90. The van der Waals surface area contributed by atoms with Crippen LogP contribution in [0, 0.1) is 0 Å². The summed E-state index contributed by atoms with van der Waals surface area (Å²) in [6, 6.07) is 0. The van der Waals surface area contributed by atoms with E-state index in [1.54, 1.807) is 0 Å². The summed E-state index contributed by atoms with van der Waals surface area (Å²) in [5.41, 5.74) is -0.508. The van der Waals surface area contributed by atoms with Crippen LogP contribution in [0.15, 0.2) is 0 Å². The Morgan fingerprint density at radius 1 is 0.413 bits per heavy atom. The minimum Gasteiger partial charge on any atom is -0.444 e. The van der Waals surface area contributed by atoms with Gasteiger partial charge in [-0.1, -0.05) is 39.0 Å². The third-order valence-electron chi connectivity index (χ3n) is 5.90. The number of carbonyl (C=O) groups is 1. The fourth-order valence-electron chi connectivity index (χ4n) is 3.61. The van der Waals surface area contributed by atoms with E-state index in [-0.39, 0.29) is 0 Å². The topological polar surface area (TPSA) is 131 Å². The Morgan fingerprint density at radius 3 is 1.02 bits per heavy atom. The number of carbonyl (C=O) groups excluding carboxylic acids is 1. The molecule has 0 atom stereocenters. The number of amides is 1. The molecule has 0 spiro atoms. The van der Waals surface area contributed by atoms with Crippen LogP contribution < -0.4 is 5.32 Å². The molecule has 0 unspecified atom stereocenters. The molecule has 276 valence electrons. The molecule has 1 amide bonds. The Kier molecular flexibility index (Phi) is 35.8. The molecule has 0 aromatic heterocycles. The molecule has 0 aromatic rings. The second kappa shape index (κ2) is 36.7. The van der Waals surface area contributed by atoms with Gasteiger partial charge in [0.15, 0.2) is 0 Å². The van der Waals surface area contributed by atoms with Crippen LogP contribution in [0.2, 0.25) is 0 Å². The van der Waals surface area contributed by atoms with Gasteiger partial charge < -0.3 is 57.4 Å². The zero-order chi connectivity index (χ0) is 33.7. The van der Waals surface area contributed by atoms with Crippen LogP contribution in [0.1, 0.15) is 66.2 Å². The number of unbranched alkanes of at least 4 members (excludes halogenated alkanes) is 5. The van der Waals surface area contributed by atoms with Gasteiger partial charge >= 0.3 is 6.09 Å². The molecule has 0 aromatic carbocycles. The van der Waals surface area contributed by atoms with Crippen LogP contribution >= 0.6 is 0 Å². The zero-order valence-corrected chi connectivity index (χ0v) is 29.5. The standard InChI is InChI=1S/C33H67NO12/c1-5-6-7-8-9-10-12-36-14-16-38-18-20-40-22-24-42-26-28-44-30-31-45-29-27-43-25-23-41-21-19-39-17-15-37-13-11-34-32(35)46-33(2,3)4/h5-31H2,1-4H3,(H,34,35). The molecular formula is C33H67NO12. The van der Waals surface area contributed by atoms with E-state index in [9.17, 15) is 4.79 Å². The molecule has 46 heavy (non-hydrogen) atoms. The molecule has 0 heterocycles. The molecule has 0 aliphatic rings. The highest BCUT2D eigenvalue weighted by molar-refractivity contribution is 5.67. The van der Waals surface area contributed by atoms with Gasteiger partial charge in [-0.25, -0.2) is 4.79 Å². The van der Waals surface area contributed by atoms with E-state index >= 15 is 0 Å². The van der Waals surface area contributed by atoms with Gasteiger partial charge in [-0.2, -0.15) is 0 Å². The summed E-state index contributed by atoms with van der Waals surface area (Å²) >= 11 is 0. The van der Waals surface area contributed by atoms with Crippen molar-refractivity contribution >= 4 is 6.09 Å². The molecule has 0 saturated carbocycles. The van der Waals surface area contributed by atoms with Crippen LogP contribution in [-0.2, 0) is 52.1 Å². The van der Waals surface area contributed by atoms with Gasteiger partial charge in [0.1, 0.15) is 5.60 Å². The lowest BCUT2D eigenvalue weighted by molar-refractivity contribution is -0.0264. The van der Waals surface area contributed by atoms with Crippen molar-refractivity contribution < 1.29 is 56.9 Å². The van der Waals surface area contributed by atoms with Crippen molar-refractivity contribution in [2.45, 2.75) is 71.8 Å². The van der Waals surface area contributed by atoms with Crippen LogP contribution in [0.5, 0.6) is 0 Å². The summed E-state index contributed by atoms with van der Waals surface area (Å²) in [7, 11) is 0. The number of nitrogens with one attached hydrogen (secondary N) is 1. The third kappa shape index (κ3) is 40.9. The van der Waals surface area contributed by atoms with Crippen LogP contribution in [-0.4, -0.2) is 150 Å². The molecule has 0 radical (unpaired) electrons. The van der Waals surface area contributed by atoms with Crippen molar-refractivity contribution in [3.63, 3.8) is 0 Å². The minimum atomic E-state index is -0.508. The van der Waals surface area contributed by atoms with Gasteiger partial charge in [0.05, 0.1) is 126 Å². The molecule has 0 saturated heterocycles. The van der Waals surface area contributed by atoms with Gasteiger partial charge in [-0.15, -0.1) is 0 Å². The quantitative estimate of drug-likeness (QED) is 0.0959. The summed E-state index contributed by atoms with van der Waals surface area (Å²) in [4.78, 5) is 11.5. The first-order chi connectivity index (χ1) is 22.5. The van der Waals surface area contributed by atoms with Crippen LogP contribution in [0.25, 0.3) is 0 Å². The van der Waals surface area contributed by atoms with Crippen molar-refractivity contribution in [1.29, 1.82) is 0 Å². The normalized spacial score (nSPS) is 11.7. The SMILES string of the molecule is CCCCCCCCOCCOCCOCCOCCOCCOCCOCCOCCOCCOCCNC(=O)OC(C)(C)C. The average Bonchev–Trinajstić information content (AvgIpc) is 3.01. The minimum absolute atomic E-state index is 0.386. The lowest BCUT2D eigenvalue weighted by Crippen LogP contribution is -2.34. The van der Waals surface area contributed by atoms with E-state index in [1.807, 2.05) is 20.8 Å². The molecule has 13 heteroatoms. The monoisotopic (exact) mass is 669 g/mol. The summed E-state index contributed by atoms with van der Waals surface area (Å²) in [6.45, 7) is 18.7. The van der Waals surface area contributed by atoms with Crippen molar-refractivity contribution in [3.8, 4) is 0 Å². The van der Waals surface area contributed by atoms with Gasteiger partial charge in [-0.3, -0.25) is 0 Å². The van der Waals surface area contributed by atoms with Crippen LogP contribution in [0.4, 0.5) is 4.79 Å². The molecular weight excluding hydrogens is 602 g/mol. The predicted molar refractivity (Wildman–Crippen MR) is 176 cm³/mol. The maximum Gasteiger partial charge on any atom is 0.407 e. The van der Waals surface area contributed by atoms with Crippen molar-refractivity contribution in [1.82, 2.24) is 5.32 Å². The molecule has 0 fully saturated rings. The molecule has 0 rings (SSSR count). The first-order valence-electron chi connectivity index (χ1n) is 17.2. The maximum atomic E-state index is 11.5. The number of rotatable bonds is 37. The maximum absolute atomic E-state index is 11.5. The Bertz CT molecular complexity index is 610. The number of hydrogen-bond donors (Lipinski definition) is 1. The zero-order valence-electron chi connectivity index (χ0n) is 29.5. The number of ether oxygens (including phenoxy) is 11. The van der Waals surface area contributed by atoms with Gasteiger partial charge in [0.2, 0.25) is 0 Å². The fourth-order valence-corrected chi connectivity index (χ4v) is 3.61. The summed E-state index contributed by atoms with van der Waals surface area (Å²) in [5, 5.41) is 2.63. The predicted octanol–water partition coefficient (Wildman–Crippen LogP) is 4.04. The molecule has 13 nitrogen and oxygen atoms in total. The van der Waals surface area contributed by atoms with E-state index in [4.69, 9.17) is 52.1 Å². The number of hydrogen-bond acceptors (Lipinski definition) is 12. The van der Waals surface area contributed by atoms with E-state index in [0.717, 1.165) is 13.0 Å². The van der Waals surface area contributed by atoms with Gasteiger partial charge in [0, 0.05) is 13.2 Å². The van der Waals surface area contributed by atoms with Gasteiger partial charge in [0.25, 0.3) is 0 Å². The van der Waals surface area contributed by atoms with Crippen LogP contribution in [0.3, 0.4) is 0 Å². The largest absolute Gasteiger partial charge is 0.444 e. The summed E-state index contributed by atoms with van der Waals surface area (Å²) in [6.07, 6.45) is 7.22. The number of alkyl carbamates (subject to hydrolysis) is 1. The average molecular weight is 670 g/mol. The van der Waals surface area contributed by atoms with Crippen molar-refractivity contribution in [3.05, 3.63) is 0 Å². The summed E-state index contributed by atoms with van der Waals surface area (Å²) < 4.78 is 59.9. The highest BCUT2D eigenvalue weighted by Gasteiger charge is 2.15. The van der Waals surface area contributed by atoms with E-state index < -0.39 is 11.7 Å². The van der Waals surface area contributed by atoms with Crippen molar-refractivity contribution in [2.24, 2.45) is 0 Å². The lowest BCUT2D eigenvalue weighted by atomic mass is 10.1. The Morgan fingerprint density at radius 2 is 0.696 bits per heavy atom. The smallest absolute Gasteiger partial charge is 0.407 e. The van der Waals surface area contributed by atoms with E-state index in [2.05, 4.69) is 12.2 Å². The second-order valence-electron chi connectivity index (χ2n) is 11.3. The first-order valence-corrected chi connectivity index (χ1v) is 17.2. The highest BCUT2D eigenvalue weighted by atomic mass is 16.6. The lowest BCUT2D eigenvalue weighted by Gasteiger charge is -2.19. The molecule has 0 aliphatic heterocycles.